The molecule has 0 fully saturated rings. The van der Waals surface area contributed by atoms with Crippen molar-refractivity contribution in [2.75, 3.05) is 0 Å². The molecule has 0 aliphatic rings. The first-order valence-corrected chi connectivity index (χ1v) is 8.26. The Hall–Kier alpha value is -3.19. The van der Waals surface area contributed by atoms with Gasteiger partial charge in [-0.05, 0) is 29.1 Å². The lowest BCUT2D eigenvalue weighted by Gasteiger charge is -2.00. The van der Waals surface area contributed by atoms with Crippen molar-refractivity contribution in [3.05, 3.63) is 65.3 Å². The SMILES string of the molecule is O=C(Cc1csc(-c2ccoc2)c1C(=O)O)c1nc2ccccc2o1. The molecule has 0 aliphatic heterocycles. The maximum Gasteiger partial charge on any atom is 0.337 e. The van der Waals surface area contributed by atoms with Gasteiger partial charge in [0.15, 0.2) is 5.58 Å². The first kappa shape index (κ1) is 15.3. The summed E-state index contributed by atoms with van der Waals surface area (Å²) in [6.07, 6.45) is 2.86. The van der Waals surface area contributed by atoms with Gasteiger partial charge in [0.2, 0.25) is 5.78 Å². The molecule has 0 saturated heterocycles. The van der Waals surface area contributed by atoms with E-state index in [2.05, 4.69) is 4.98 Å². The zero-order chi connectivity index (χ0) is 17.4. The molecule has 3 heterocycles. The summed E-state index contributed by atoms with van der Waals surface area (Å²) in [5, 5.41) is 11.2. The van der Waals surface area contributed by atoms with Gasteiger partial charge in [-0.1, -0.05) is 12.1 Å². The van der Waals surface area contributed by atoms with Crippen molar-refractivity contribution in [2.45, 2.75) is 6.42 Å². The normalized spacial score (nSPS) is 11.0. The van der Waals surface area contributed by atoms with Crippen molar-refractivity contribution in [1.29, 1.82) is 0 Å². The molecule has 6 nitrogen and oxygen atoms in total. The van der Waals surface area contributed by atoms with Gasteiger partial charge in [0, 0.05) is 12.0 Å². The van der Waals surface area contributed by atoms with Crippen LogP contribution in [-0.4, -0.2) is 21.8 Å². The lowest BCUT2D eigenvalue weighted by Crippen LogP contribution is -2.08. The first-order valence-electron chi connectivity index (χ1n) is 7.38. The standard InChI is InChI=1S/C18H11NO5S/c20-13(17-19-12-3-1-2-4-14(12)24-17)7-11-9-25-16(15(11)18(21)22)10-5-6-23-8-10/h1-6,8-9H,7H2,(H,21,22). The van der Waals surface area contributed by atoms with Crippen LogP contribution in [0.4, 0.5) is 0 Å². The summed E-state index contributed by atoms with van der Waals surface area (Å²) < 4.78 is 10.5. The smallest absolute Gasteiger partial charge is 0.337 e. The molecule has 0 atom stereocenters. The van der Waals surface area contributed by atoms with Crippen LogP contribution >= 0.6 is 11.3 Å². The largest absolute Gasteiger partial charge is 0.478 e. The van der Waals surface area contributed by atoms with Crippen molar-refractivity contribution >= 4 is 34.2 Å². The van der Waals surface area contributed by atoms with Crippen LogP contribution in [0.1, 0.15) is 26.6 Å². The van der Waals surface area contributed by atoms with Crippen molar-refractivity contribution in [3.63, 3.8) is 0 Å². The van der Waals surface area contributed by atoms with Crippen molar-refractivity contribution in [3.8, 4) is 10.4 Å². The summed E-state index contributed by atoms with van der Waals surface area (Å²) in [6, 6.07) is 8.76. The van der Waals surface area contributed by atoms with Crippen LogP contribution < -0.4 is 0 Å². The molecule has 7 heteroatoms. The van der Waals surface area contributed by atoms with E-state index in [1.165, 1.54) is 23.9 Å². The number of thiophene rings is 1. The number of carboxylic acids is 1. The van der Waals surface area contributed by atoms with Crippen LogP contribution in [0.2, 0.25) is 0 Å². The third-order valence-corrected chi connectivity index (χ3v) is 4.83. The number of benzene rings is 1. The van der Waals surface area contributed by atoms with Crippen molar-refractivity contribution < 1.29 is 23.5 Å². The number of para-hydroxylation sites is 2. The number of hydrogen-bond acceptors (Lipinski definition) is 6. The van der Waals surface area contributed by atoms with Gasteiger partial charge in [0.1, 0.15) is 5.52 Å². The summed E-state index contributed by atoms with van der Waals surface area (Å²) in [6.45, 7) is 0. The monoisotopic (exact) mass is 353 g/mol. The van der Waals surface area contributed by atoms with E-state index in [4.69, 9.17) is 8.83 Å². The lowest BCUT2D eigenvalue weighted by atomic mass is 10.0. The molecule has 4 rings (SSSR count). The van der Waals surface area contributed by atoms with Gasteiger partial charge in [-0.25, -0.2) is 9.78 Å². The Bertz CT molecular complexity index is 1040. The highest BCUT2D eigenvalue weighted by Crippen LogP contribution is 2.34. The van der Waals surface area contributed by atoms with Crippen LogP contribution in [0, 0.1) is 0 Å². The second-order valence-corrected chi connectivity index (χ2v) is 6.25. The minimum absolute atomic E-state index is 0.0198. The Balaban J connectivity index is 1.68. The van der Waals surface area contributed by atoms with Gasteiger partial charge in [-0.3, -0.25) is 4.79 Å². The molecule has 0 bridgehead atoms. The minimum atomic E-state index is -1.09. The number of aromatic nitrogens is 1. The van der Waals surface area contributed by atoms with Gasteiger partial charge in [-0.15, -0.1) is 11.3 Å². The maximum atomic E-state index is 12.5. The Morgan fingerprint density at radius 2 is 2.04 bits per heavy atom. The number of oxazole rings is 1. The predicted molar refractivity (Wildman–Crippen MR) is 91.0 cm³/mol. The number of ketones is 1. The minimum Gasteiger partial charge on any atom is -0.478 e. The fourth-order valence-corrected chi connectivity index (χ4v) is 3.65. The summed E-state index contributed by atoms with van der Waals surface area (Å²) in [5.74, 6) is -1.47. The van der Waals surface area contributed by atoms with Gasteiger partial charge in [0.05, 0.1) is 23.0 Å². The predicted octanol–water partition coefficient (Wildman–Crippen LogP) is 4.27. The molecule has 3 aromatic heterocycles. The van der Waals surface area contributed by atoms with E-state index < -0.39 is 5.97 Å². The molecule has 0 unspecified atom stereocenters. The van der Waals surface area contributed by atoms with E-state index in [9.17, 15) is 14.7 Å². The van der Waals surface area contributed by atoms with Crippen LogP contribution in [0.15, 0.2) is 57.1 Å². The Morgan fingerprint density at radius 3 is 2.76 bits per heavy atom. The fraction of sp³-hybridized carbons (Fsp3) is 0.0556. The number of fused-ring (bicyclic) bond motifs is 1. The molecule has 0 aliphatic carbocycles. The number of Topliss-reactive ketones (excluding diaryl/α,β-unsaturated/α-hetero) is 1. The summed E-state index contributed by atoms with van der Waals surface area (Å²) in [5.41, 5.74) is 2.32. The Labute approximate surface area is 145 Å². The fourth-order valence-electron chi connectivity index (χ4n) is 2.60. The molecule has 1 aromatic carbocycles. The zero-order valence-corrected chi connectivity index (χ0v) is 13.6. The quantitative estimate of drug-likeness (QED) is 0.538. The second-order valence-electron chi connectivity index (χ2n) is 5.37. The molecular weight excluding hydrogens is 342 g/mol. The van der Waals surface area contributed by atoms with Crippen molar-refractivity contribution in [2.24, 2.45) is 0 Å². The number of aromatic carboxylic acids is 1. The number of nitrogens with zero attached hydrogens (tertiary/aromatic N) is 1. The molecule has 0 radical (unpaired) electrons. The van der Waals surface area contributed by atoms with Gasteiger partial charge in [0.25, 0.3) is 5.89 Å². The van der Waals surface area contributed by atoms with Crippen molar-refractivity contribution in [1.82, 2.24) is 4.98 Å². The van der Waals surface area contributed by atoms with E-state index in [1.54, 1.807) is 35.7 Å². The molecule has 25 heavy (non-hydrogen) atoms. The summed E-state index contributed by atoms with van der Waals surface area (Å²) >= 11 is 1.26. The van der Waals surface area contributed by atoms with Gasteiger partial charge >= 0.3 is 5.97 Å². The van der Waals surface area contributed by atoms with Crippen LogP contribution in [-0.2, 0) is 6.42 Å². The molecular formula is C18H11NO5S. The lowest BCUT2D eigenvalue weighted by molar-refractivity contribution is 0.0697. The third kappa shape index (κ3) is 2.74. The summed E-state index contributed by atoms with van der Waals surface area (Å²) in [4.78, 5) is 28.9. The number of carbonyl (C=O) groups excluding carboxylic acids is 1. The Kier molecular flexibility index (Phi) is 3.70. The highest BCUT2D eigenvalue weighted by atomic mass is 32.1. The average molecular weight is 353 g/mol. The molecule has 0 amide bonds. The molecule has 0 spiro atoms. The van der Waals surface area contributed by atoms with E-state index in [0.717, 1.165) is 0 Å². The zero-order valence-electron chi connectivity index (χ0n) is 12.8. The van der Waals surface area contributed by atoms with E-state index >= 15 is 0 Å². The van der Waals surface area contributed by atoms with E-state index in [1.807, 2.05) is 0 Å². The molecule has 4 aromatic rings. The molecule has 1 N–H and O–H groups in total. The van der Waals surface area contributed by atoms with Crippen LogP contribution in [0.3, 0.4) is 0 Å². The summed E-state index contributed by atoms with van der Waals surface area (Å²) in [7, 11) is 0. The number of carboxylic acid groups (broad SMARTS) is 1. The van der Waals surface area contributed by atoms with E-state index in [0.29, 0.717) is 27.1 Å². The topological polar surface area (TPSA) is 93.5 Å². The first-order chi connectivity index (χ1) is 12.1. The highest BCUT2D eigenvalue weighted by molar-refractivity contribution is 7.14. The molecule has 0 saturated carbocycles. The van der Waals surface area contributed by atoms with Crippen LogP contribution in [0.25, 0.3) is 21.5 Å². The van der Waals surface area contributed by atoms with E-state index in [-0.39, 0.29) is 23.7 Å². The van der Waals surface area contributed by atoms with Gasteiger partial charge in [-0.2, -0.15) is 0 Å². The number of rotatable bonds is 5. The number of hydrogen-bond donors (Lipinski definition) is 1. The average Bonchev–Trinajstić information content (AvgIpc) is 3.32. The molecule has 124 valence electrons. The Morgan fingerprint density at radius 1 is 1.20 bits per heavy atom. The van der Waals surface area contributed by atoms with Gasteiger partial charge < -0.3 is 13.9 Å². The number of carbonyl (C=O) groups is 2. The maximum absolute atomic E-state index is 12.5. The van der Waals surface area contributed by atoms with Crippen LogP contribution in [0.5, 0.6) is 0 Å². The number of furan rings is 1. The third-order valence-electron chi connectivity index (χ3n) is 3.75. The highest BCUT2D eigenvalue weighted by Gasteiger charge is 2.24. The second kappa shape index (κ2) is 6.03.